The van der Waals surface area contributed by atoms with Gasteiger partial charge >= 0.3 is 0 Å². The molecule has 0 aliphatic carbocycles. The number of rotatable bonds is 5. The summed E-state index contributed by atoms with van der Waals surface area (Å²) < 4.78 is 13.9. The van der Waals surface area contributed by atoms with E-state index >= 15 is 0 Å². The van der Waals surface area contributed by atoms with Crippen LogP contribution in [0.2, 0.25) is 0 Å². The molecule has 1 amide bonds. The summed E-state index contributed by atoms with van der Waals surface area (Å²) in [7, 11) is 0. The minimum absolute atomic E-state index is 0.00575. The van der Waals surface area contributed by atoms with E-state index in [1.165, 1.54) is 12.1 Å². The molecule has 0 fully saturated rings. The number of carbonyl (C=O) groups excluding carboxylic acids is 1. The number of nitrogens with zero attached hydrogens (tertiary/aromatic N) is 1. The average molecular weight is 365 g/mol. The number of hydrogen-bond donors (Lipinski definition) is 4. The van der Waals surface area contributed by atoms with Gasteiger partial charge in [-0.2, -0.15) is 0 Å². The Kier molecular flexibility index (Phi) is 4.60. The van der Waals surface area contributed by atoms with Gasteiger partial charge < -0.3 is 21.4 Å². The number of aromatic amines is 1. The molecule has 6 nitrogen and oxygen atoms in total. The smallest absolute Gasteiger partial charge is 0.246 e. The van der Waals surface area contributed by atoms with E-state index in [1.54, 1.807) is 6.07 Å². The lowest BCUT2D eigenvalue weighted by atomic mass is 10.0. The first kappa shape index (κ1) is 17.2. The van der Waals surface area contributed by atoms with E-state index in [4.69, 9.17) is 5.73 Å². The number of nitrogens with two attached hydrogens (primary N) is 1. The molecule has 4 rings (SSSR count). The van der Waals surface area contributed by atoms with E-state index in [9.17, 15) is 9.18 Å². The molecule has 0 bridgehead atoms. The van der Waals surface area contributed by atoms with E-state index < -0.39 is 0 Å². The molecular formula is C20H20FN5O. The van der Waals surface area contributed by atoms with E-state index in [1.807, 2.05) is 24.3 Å². The van der Waals surface area contributed by atoms with Crippen LogP contribution in [0.4, 0.5) is 15.8 Å². The topological polar surface area (TPSA) is 95.3 Å². The van der Waals surface area contributed by atoms with Gasteiger partial charge in [0.05, 0.1) is 17.1 Å². The number of aromatic nitrogens is 1. The molecule has 7 heteroatoms. The number of anilines is 2. The van der Waals surface area contributed by atoms with Gasteiger partial charge in [0.25, 0.3) is 0 Å². The number of amides is 1. The number of benzene rings is 2. The predicted molar refractivity (Wildman–Crippen MR) is 106 cm³/mol. The number of nitrogens with one attached hydrogen (secondary N) is 3. The molecule has 2 aromatic carbocycles. The van der Waals surface area contributed by atoms with Gasteiger partial charge in [-0.25, -0.2) is 4.39 Å². The summed E-state index contributed by atoms with van der Waals surface area (Å²) in [5.74, 6) is -0.523. The molecule has 0 saturated carbocycles. The van der Waals surface area contributed by atoms with Crippen molar-refractivity contribution in [2.24, 2.45) is 10.7 Å². The predicted octanol–water partition coefficient (Wildman–Crippen LogP) is 2.86. The fourth-order valence-electron chi connectivity index (χ4n) is 3.27. The molecular weight excluding hydrogens is 345 g/mol. The van der Waals surface area contributed by atoms with Crippen molar-refractivity contribution in [2.75, 3.05) is 30.3 Å². The first-order valence-electron chi connectivity index (χ1n) is 8.86. The van der Waals surface area contributed by atoms with Gasteiger partial charge in [-0.3, -0.25) is 9.79 Å². The normalized spacial score (nSPS) is 13.7. The van der Waals surface area contributed by atoms with Crippen molar-refractivity contribution >= 4 is 33.9 Å². The number of carbonyl (C=O) groups is 1. The number of aliphatic imine (C=N–C) groups is 1. The van der Waals surface area contributed by atoms with E-state index in [-0.39, 0.29) is 18.3 Å². The Morgan fingerprint density at radius 2 is 2.07 bits per heavy atom. The Morgan fingerprint density at radius 3 is 2.93 bits per heavy atom. The van der Waals surface area contributed by atoms with E-state index in [0.717, 1.165) is 28.6 Å². The highest BCUT2D eigenvalue weighted by Crippen LogP contribution is 2.32. The summed E-state index contributed by atoms with van der Waals surface area (Å²) in [6.45, 7) is 1.17. The quantitative estimate of drug-likeness (QED) is 0.524. The zero-order chi connectivity index (χ0) is 18.8. The average Bonchev–Trinajstić information content (AvgIpc) is 2.93. The molecule has 0 spiro atoms. The molecule has 138 valence electrons. The first-order valence-corrected chi connectivity index (χ1v) is 8.86. The highest BCUT2D eigenvalue weighted by molar-refractivity contribution is 6.24. The van der Waals surface area contributed by atoms with Gasteiger partial charge in [0, 0.05) is 28.7 Å². The fraction of sp³-hybridized carbons (Fsp3) is 0.200. The van der Waals surface area contributed by atoms with Crippen molar-refractivity contribution in [1.29, 1.82) is 0 Å². The molecule has 3 aromatic rings. The molecule has 5 N–H and O–H groups in total. The van der Waals surface area contributed by atoms with Crippen molar-refractivity contribution in [3.8, 4) is 0 Å². The van der Waals surface area contributed by atoms with Crippen molar-refractivity contribution in [1.82, 2.24) is 4.98 Å². The third-order valence-electron chi connectivity index (χ3n) is 4.52. The molecule has 27 heavy (non-hydrogen) atoms. The van der Waals surface area contributed by atoms with Crippen molar-refractivity contribution in [3.63, 3.8) is 0 Å². The van der Waals surface area contributed by atoms with Gasteiger partial charge in [0.2, 0.25) is 5.91 Å². The Morgan fingerprint density at radius 1 is 1.22 bits per heavy atom. The van der Waals surface area contributed by atoms with Gasteiger partial charge in [-0.1, -0.05) is 18.2 Å². The Labute approximate surface area is 155 Å². The molecule has 1 aliphatic heterocycles. The van der Waals surface area contributed by atoms with Crippen LogP contribution < -0.4 is 16.4 Å². The zero-order valence-corrected chi connectivity index (χ0v) is 14.7. The minimum atomic E-state index is -0.339. The van der Waals surface area contributed by atoms with Crippen LogP contribution in [0.5, 0.6) is 0 Å². The van der Waals surface area contributed by atoms with Gasteiger partial charge in [-0.15, -0.1) is 0 Å². The highest BCUT2D eigenvalue weighted by Gasteiger charge is 2.24. The van der Waals surface area contributed by atoms with Crippen LogP contribution in [0.15, 0.2) is 47.5 Å². The summed E-state index contributed by atoms with van der Waals surface area (Å²) >= 11 is 0. The lowest BCUT2D eigenvalue weighted by Gasteiger charge is -2.14. The Hall–Kier alpha value is -3.19. The lowest BCUT2D eigenvalue weighted by Crippen LogP contribution is -2.13. The van der Waals surface area contributed by atoms with E-state index in [2.05, 4.69) is 20.6 Å². The van der Waals surface area contributed by atoms with Crippen LogP contribution in [0.3, 0.4) is 0 Å². The van der Waals surface area contributed by atoms with Crippen LogP contribution >= 0.6 is 0 Å². The summed E-state index contributed by atoms with van der Waals surface area (Å²) in [6, 6.07) is 12.3. The molecule has 0 saturated heterocycles. The fourth-order valence-corrected chi connectivity index (χ4v) is 3.27. The van der Waals surface area contributed by atoms with Crippen LogP contribution in [0.1, 0.15) is 17.7 Å². The molecule has 0 atom stereocenters. The van der Waals surface area contributed by atoms with Crippen molar-refractivity contribution < 1.29 is 9.18 Å². The van der Waals surface area contributed by atoms with Crippen molar-refractivity contribution in [2.45, 2.75) is 6.42 Å². The van der Waals surface area contributed by atoms with Gasteiger partial charge in [0.1, 0.15) is 12.4 Å². The Bertz CT molecular complexity index is 1040. The zero-order valence-electron chi connectivity index (χ0n) is 14.7. The first-order chi connectivity index (χ1) is 13.2. The number of H-pyrrole nitrogens is 1. The maximum Gasteiger partial charge on any atom is 0.246 e. The van der Waals surface area contributed by atoms with Gasteiger partial charge in [-0.05, 0) is 37.2 Å². The van der Waals surface area contributed by atoms with Crippen LogP contribution in [-0.2, 0) is 4.79 Å². The largest absolute Gasteiger partial charge is 0.384 e. The third kappa shape index (κ3) is 3.29. The molecule has 1 aromatic heterocycles. The second kappa shape index (κ2) is 7.20. The van der Waals surface area contributed by atoms with Gasteiger partial charge in [0.15, 0.2) is 0 Å². The Balaban J connectivity index is 1.86. The SMILES string of the molecule is NCCCNc1cc(F)ccc1C1=NCC(=O)Nc2c1[nH]c1ccccc21. The van der Waals surface area contributed by atoms with Crippen LogP contribution in [0, 0.1) is 5.82 Å². The molecule has 0 unspecified atom stereocenters. The number of hydrogen-bond acceptors (Lipinski definition) is 4. The monoisotopic (exact) mass is 365 g/mol. The van der Waals surface area contributed by atoms with E-state index in [0.29, 0.717) is 30.2 Å². The number of halogens is 1. The summed E-state index contributed by atoms with van der Waals surface area (Å²) in [4.78, 5) is 20.1. The van der Waals surface area contributed by atoms with Crippen LogP contribution in [-0.4, -0.2) is 36.2 Å². The molecule has 1 aliphatic rings. The highest BCUT2D eigenvalue weighted by atomic mass is 19.1. The lowest BCUT2D eigenvalue weighted by molar-refractivity contribution is -0.114. The second-order valence-corrected chi connectivity index (χ2v) is 6.39. The standard InChI is InChI=1S/C20H20FN5O/c21-12-6-7-14(16(10-12)23-9-3-8-22)18-20-19(26-17(27)11-24-18)13-4-1-2-5-15(13)25-20/h1-2,4-7,10,23,25H,3,8-9,11,22H2,(H,26,27). The number of para-hydroxylation sites is 1. The molecule has 2 heterocycles. The summed E-state index contributed by atoms with van der Waals surface area (Å²) in [5.41, 5.74) is 9.85. The molecule has 0 radical (unpaired) electrons. The van der Waals surface area contributed by atoms with Crippen molar-refractivity contribution in [3.05, 3.63) is 59.5 Å². The number of fused-ring (bicyclic) bond motifs is 3. The third-order valence-corrected chi connectivity index (χ3v) is 4.52. The second-order valence-electron chi connectivity index (χ2n) is 6.39. The summed E-state index contributed by atoms with van der Waals surface area (Å²) in [6.07, 6.45) is 0.764. The summed E-state index contributed by atoms with van der Waals surface area (Å²) in [5, 5.41) is 7.07. The maximum absolute atomic E-state index is 13.9. The van der Waals surface area contributed by atoms with Crippen LogP contribution in [0.25, 0.3) is 10.9 Å². The minimum Gasteiger partial charge on any atom is -0.384 e. The maximum atomic E-state index is 13.9.